The molecule has 0 heterocycles. The van der Waals surface area contributed by atoms with Crippen molar-refractivity contribution in [1.29, 1.82) is 0 Å². The molecule has 0 spiro atoms. The average Bonchev–Trinajstić information content (AvgIpc) is 2.68. The molecule has 0 aliphatic carbocycles. The van der Waals surface area contributed by atoms with Crippen molar-refractivity contribution in [3.8, 4) is 11.1 Å². The molecule has 136 valence electrons. The smallest absolute Gasteiger partial charge is 0.275 e. The third kappa shape index (κ3) is 4.25. The minimum atomic E-state index is -1.47. The molecule has 0 saturated carbocycles. The van der Waals surface area contributed by atoms with E-state index in [9.17, 15) is 14.4 Å². The Morgan fingerprint density at radius 3 is 2.08 bits per heavy atom. The Balaban J connectivity index is 2.23. The van der Waals surface area contributed by atoms with E-state index in [2.05, 4.69) is 5.32 Å². The van der Waals surface area contributed by atoms with Crippen molar-refractivity contribution in [3.63, 3.8) is 0 Å². The summed E-state index contributed by atoms with van der Waals surface area (Å²) in [7, 11) is 1.34. The summed E-state index contributed by atoms with van der Waals surface area (Å²) in [5, 5.41) is 11.3. The zero-order chi connectivity index (χ0) is 19.1. The van der Waals surface area contributed by atoms with Crippen molar-refractivity contribution in [2.45, 2.75) is 13.0 Å². The van der Waals surface area contributed by atoms with E-state index < -0.39 is 23.8 Å². The highest BCUT2D eigenvalue weighted by atomic mass is 16.5. The lowest BCUT2D eigenvalue weighted by Gasteiger charge is -2.25. The first kappa shape index (κ1) is 19.1. The van der Waals surface area contributed by atoms with Crippen LogP contribution in [-0.4, -0.2) is 47.5 Å². The first-order valence-corrected chi connectivity index (χ1v) is 8.14. The molecule has 1 atom stereocenters. The third-order valence-electron chi connectivity index (χ3n) is 3.90. The summed E-state index contributed by atoms with van der Waals surface area (Å²) in [6.45, 7) is 1.98. The van der Waals surface area contributed by atoms with Crippen molar-refractivity contribution in [3.05, 3.63) is 60.2 Å². The summed E-state index contributed by atoms with van der Waals surface area (Å²) in [6, 6.07) is 15.1. The van der Waals surface area contributed by atoms with E-state index in [0.717, 1.165) is 16.0 Å². The summed E-state index contributed by atoms with van der Waals surface area (Å²) >= 11 is 0. The molecule has 0 saturated heterocycles. The van der Waals surface area contributed by atoms with Gasteiger partial charge in [0.15, 0.2) is 6.04 Å². The highest BCUT2D eigenvalue weighted by molar-refractivity contribution is 6.08. The highest BCUT2D eigenvalue weighted by Gasteiger charge is 2.33. The number of carbonyl (C=O) groups excluding carboxylic acids is 3. The fourth-order valence-electron chi connectivity index (χ4n) is 2.56. The first-order chi connectivity index (χ1) is 12.5. The summed E-state index contributed by atoms with van der Waals surface area (Å²) in [6.07, 6.45) is 0. The van der Waals surface area contributed by atoms with Crippen LogP contribution in [-0.2, 0) is 9.59 Å². The Hall–Kier alpha value is -3.19. The maximum absolute atomic E-state index is 12.6. The Morgan fingerprint density at radius 1 is 0.962 bits per heavy atom. The molecule has 0 aliphatic rings. The number of nitrogens with one attached hydrogen (secondary N) is 2. The molecule has 1 unspecified atom stereocenters. The van der Waals surface area contributed by atoms with Gasteiger partial charge in [0.05, 0.1) is 0 Å². The van der Waals surface area contributed by atoms with E-state index >= 15 is 0 Å². The van der Waals surface area contributed by atoms with E-state index in [1.54, 1.807) is 31.2 Å². The van der Waals surface area contributed by atoms with E-state index in [0.29, 0.717) is 12.1 Å². The molecule has 0 fully saturated rings. The van der Waals surface area contributed by atoms with Gasteiger partial charge in [-0.05, 0) is 30.2 Å². The van der Waals surface area contributed by atoms with Gasteiger partial charge >= 0.3 is 0 Å². The van der Waals surface area contributed by atoms with E-state index in [1.807, 2.05) is 30.3 Å². The molecule has 0 bridgehead atoms. The van der Waals surface area contributed by atoms with Crippen LogP contribution in [0, 0.1) is 0 Å². The van der Waals surface area contributed by atoms with Crippen LogP contribution in [0.3, 0.4) is 0 Å². The van der Waals surface area contributed by atoms with Gasteiger partial charge in [0.25, 0.3) is 17.7 Å². The Kier molecular flexibility index (Phi) is 6.46. The van der Waals surface area contributed by atoms with E-state index in [4.69, 9.17) is 5.21 Å². The van der Waals surface area contributed by atoms with Crippen molar-refractivity contribution in [1.82, 2.24) is 15.7 Å². The molecule has 3 N–H and O–H groups in total. The van der Waals surface area contributed by atoms with Crippen molar-refractivity contribution < 1.29 is 19.6 Å². The van der Waals surface area contributed by atoms with Crippen molar-refractivity contribution in [2.75, 3.05) is 13.6 Å². The maximum Gasteiger partial charge on any atom is 0.275 e. The number of likely N-dealkylation sites (N-methyl/N-ethyl adjacent to an activating group) is 2. The molecular weight excluding hydrogens is 334 g/mol. The average molecular weight is 355 g/mol. The molecule has 7 nitrogen and oxygen atoms in total. The molecule has 0 radical (unpaired) electrons. The van der Waals surface area contributed by atoms with Crippen LogP contribution >= 0.6 is 0 Å². The van der Waals surface area contributed by atoms with Crippen LogP contribution in [0.15, 0.2) is 54.6 Å². The zero-order valence-electron chi connectivity index (χ0n) is 14.6. The fourth-order valence-corrected chi connectivity index (χ4v) is 2.56. The highest BCUT2D eigenvalue weighted by Crippen LogP contribution is 2.20. The molecule has 0 aromatic heterocycles. The second-order valence-electron chi connectivity index (χ2n) is 5.63. The Morgan fingerprint density at radius 2 is 1.54 bits per heavy atom. The van der Waals surface area contributed by atoms with Gasteiger partial charge in [-0.1, -0.05) is 42.5 Å². The number of hydroxylamine groups is 1. The monoisotopic (exact) mass is 355 g/mol. The maximum atomic E-state index is 12.6. The summed E-state index contributed by atoms with van der Waals surface area (Å²) in [4.78, 5) is 37.6. The quantitative estimate of drug-likeness (QED) is 0.415. The topological polar surface area (TPSA) is 98.7 Å². The molecule has 2 aromatic carbocycles. The summed E-state index contributed by atoms with van der Waals surface area (Å²) in [5.74, 6) is -2.16. The number of hydrogen-bond acceptors (Lipinski definition) is 4. The lowest BCUT2D eigenvalue weighted by Crippen LogP contribution is -2.55. The number of amides is 3. The predicted octanol–water partition coefficient (Wildman–Crippen LogP) is 1.44. The molecule has 2 aromatic rings. The molecule has 3 amide bonds. The van der Waals surface area contributed by atoms with Gasteiger partial charge in [-0.25, -0.2) is 5.48 Å². The predicted molar refractivity (Wildman–Crippen MR) is 96.4 cm³/mol. The number of benzene rings is 2. The minimum Gasteiger partial charge on any atom is -0.354 e. The second kappa shape index (κ2) is 8.77. The van der Waals surface area contributed by atoms with Crippen LogP contribution in [0.25, 0.3) is 11.1 Å². The van der Waals surface area contributed by atoms with Crippen LogP contribution in [0.1, 0.15) is 17.3 Å². The minimum absolute atomic E-state index is 0.293. The van der Waals surface area contributed by atoms with Crippen LogP contribution in [0.5, 0.6) is 0 Å². The summed E-state index contributed by atoms with van der Waals surface area (Å²) in [5.41, 5.74) is 3.71. The van der Waals surface area contributed by atoms with E-state index in [1.165, 1.54) is 12.5 Å². The molecule has 2 rings (SSSR count). The van der Waals surface area contributed by atoms with Crippen LogP contribution in [0.2, 0.25) is 0 Å². The molecule has 0 aliphatic heterocycles. The van der Waals surface area contributed by atoms with Crippen molar-refractivity contribution in [2.24, 2.45) is 0 Å². The zero-order valence-corrected chi connectivity index (χ0v) is 14.6. The lowest BCUT2D eigenvalue weighted by atomic mass is 10.0. The number of nitrogens with zero attached hydrogens (tertiary/aromatic N) is 1. The van der Waals surface area contributed by atoms with Gasteiger partial charge in [-0.15, -0.1) is 0 Å². The lowest BCUT2D eigenvalue weighted by molar-refractivity contribution is -0.140. The largest absolute Gasteiger partial charge is 0.354 e. The van der Waals surface area contributed by atoms with Gasteiger partial charge < -0.3 is 10.2 Å². The van der Waals surface area contributed by atoms with E-state index in [-0.39, 0.29) is 0 Å². The number of hydrogen-bond donors (Lipinski definition) is 3. The third-order valence-corrected chi connectivity index (χ3v) is 3.90. The van der Waals surface area contributed by atoms with Gasteiger partial charge in [0.1, 0.15) is 0 Å². The van der Waals surface area contributed by atoms with Gasteiger partial charge in [-0.2, -0.15) is 0 Å². The molecule has 7 heteroatoms. The van der Waals surface area contributed by atoms with Crippen molar-refractivity contribution >= 4 is 17.7 Å². The van der Waals surface area contributed by atoms with Crippen LogP contribution in [0.4, 0.5) is 0 Å². The summed E-state index contributed by atoms with van der Waals surface area (Å²) < 4.78 is 0. The number of rotatable bonds is 6. The fraction of sp³-hybridized carbons (Fsp3) is 0.211. The Labute approximate surface area is 151 Å². The Bertz CT molecular complexity index is 775. The second-order valence-corrected chi connectivity index (χ2v) is 5.63. The van der Waals surface area contributed by atoms with Crippen LogP contribution < -0.4 is 10.8 Å². The first-order valence-electron chi connectivity index (χ1n) is 8.14. The molecular formula is C19H21N3O4. The normalized spacial score (nSPS) is 11.3. The standard InChI is InChI=1S/C19H21N3O4/c1-3-20-17(23)16(18(24)21-26)22(2)19(25)15-11-9-14(10-12-15)13-7-5-4-6-8-13/h4-12,16,26H,3H2,1-2H3,(H,20,23)(H,21,24). The SMILES string of the molecule is CCNC(=O)C(C(=O)NO)N(C)C(=O)c1ccc(-c2ccccc2)cc1. The van der Waals surface area contributed by atoms with Gasteiger partial charge in [-0.3, -0.25) is 19.6 Å². The molecule has 26 heavy (non-hydrogen) atoms. The van der Waals surface area contributed by atoms with Gasteiger partial charge in [0, 0.05) is 19.2 Å². The van der Waals surface area contributed by atoms with Gasteiger partial charge in [0.2, 0.25) is 0 Å². The number of carbonyl (C=O) groups is 3.